The lowest BCUT2D eigenvalue weighted by Crippen LogP contribution is -2.23. The third-order valence-corrected chi connectivity index (χ3v) is 7.22. The Labute approximate surface area is 190 Å². The zero-order valence-electron chi connectivity index (χ0n) is 17.7. The predicted octanol–water partition coefficient (Wildman–Crippen LogP) is 5.97. The maximum atomic E-state index is 13.5. The molecule has 1 aliphatic heterocycles. The third-order valence-electron chi connectivity index (χ3n) is 6.45. The van der Waals surface area contributed by atoms with Crippen LogP contribution in [0.1, 0.15) is 54.3 Å². The number of carbonyl (C=O) groups is 1. The monoisotopic (exact) mass is 456 g/mol. The van der Waals surface area contributed by atoms with E-state index in [2.05, 4.69) is 22.3 Å². The number of alkyl halides is 2. The maximum absolute atomic E-state index is 13.5. The Bertz CT molecular complexity index is 1080. The summed E-state index contributed by atoms with van der Waals surface area (Å²) in [7, 11) is 0. The number of nitrogens with zero attached hydrogens (tertiary/aromatic N) is 3. The maximum Gasteiger partial charge on any atom is 0.274 e. The highest BCUT2D eigenvalue weighted by Gasteiger charge is 2.39. The van der Waals surface area contributed by atoms with Crippen molar-refractivity contribution < 1.29 is 13.6 Å². The molecule has 1 aromatic carbocycles. The van der Waals surface area contributed by atoms with Gasteiger partial charge in [0.25, 0.3) is 5.91 Å². The predicted molar refractivity (Wildman–Crippen MR) is 123 cm³/mol. The van der Waals surface area contributed by atoms with Crippen molar-refractivity contribution in [1.29, 1.82) is 0 Å². The van der Waals surface area contributed by atoms with Gasteiger partial charge in [-0.05, 0) is 49.4 Å². The van der Waals surface area contributed by atoms with Gasteiger partial charge in [-0.2, -0.15) is 0 Å². The first kappa shape index (κ1) is 21.1. The van der Waals surface area contributed by atoms with Crippen LogP contribution in [0.2, 0.25) is 0 Å². The minimum absolute atomic E-state index is 0.0659. The lowest BCUT2D eigenvalue weighted by atomic mass is 10.1. The number of benzene rings is 1. The Balaban J connectivity index is 1.26. The van der Waals surface area contributed by atoms with Crippen molar-refractivity contribution in [3.63, 3.8) is 0 Å². The van der Waals surface area contributed by atoms with Crippen molar-refractivity contribution in [2.45, 2.75) is 50.6 Å². The molecule has 3 heterocycles. The Kier molecular flexibility index (Phi) is 5.71. The Hall–Kier alpha value is -2.74. The first-order chi connectivity index (χ1) is 15.5. The van der Waals surface area contributed by atoms with Gasteiger partial charge in [0.15, 0.2) is 5.13 Å². The molecule has 0 radical (unpaired) electrons. The van der Waals surface area contributed by atoms with Crippen LogP contribution in [-0.4, -0.2) is 27.9 Å². The van der Waals surface area contributed by atoms with Gasteiger partial charge in [-0.25, -0.2) is 13.8 Å². The van der Waals surface area contributed by atoms with Crippen LogP contribution >= 0.6 is 11.3 Å². The molecule has 1 N–H and O–H groups in total. The van der Waals surface area contributed by atoms with Gasteiger partial charge >= 0.3 is 0 Å². The number of amides is 1. The van der Waals surface area contributed by atoms with Gasteiger partial charge in [-0.15, -0.1) is 11.3 Å². The minimum atomic E-state index is -2.58. The number of halogens is 2. The normalized spacial score (nSPS) is 22.4. The molecular formula is C24H26F2N4OS. The van der Waals surface area contributed by atoms with Gasteiger partial charge in [0.2, 0.25) is 5.92 Å². The van der Waals surface area contributed by atoms with Crippen LogP contribution in [0.25, 0.3) is 0 Å². The quantitative estimate of drug-likeness (QED) is 0.497. The van der Waals surface area contributed by atoms with Crippen molar-refractivity contribution in [3.05, 3.63) is 65.4 Å². The molecular weight excluding hydrogens is 430 g/mol. The topological polar surface area (TPSA) is 50.2 Å². The molecule has 0 bridgehead atoms. The lowest BCUT2D eigenvalue weighted by molar-refractivity contribution is 0.00436. The zero-order valence-corrected chi connectivity index (χ0v) is 18.5. The fraction of sp³-hybridized carbons (Fsp3) is 0.417. The van der Waals surface area contributed by atoms with E-state index in [0.29, 0.717) is 23.8 Å². The molecule has 2 atom stereocenters. The molecule has 1 amide bonds. The summed E-state index contributed by atoms with van der Waals surface area (Å²) in [5, 5.41) is 5.48. The van der Waals surface area contributed by atoms with Crippen molar-refractivity contribution in [2.24, 2.45) is 5.92 Å². The van der Waals surface area contributed by atoms with Crippen LogP contribution in [0.4, 0.5) is 19.6 Å². The molecule has 5 nitrogen and oxygen atoms in total. The van der Waals surface area contributed by atoms with Crippen LogP contribution in [0.3, 0.4) is 0 Å². The summed E-state index contributed by atoms with van der Waals surface area (Å²) in [6.45, 7) is 1.42. The van der Waals surface area contributed by atoms with E-state index in [1.54, 1.807) is 22.9 Å². The second kappa shape index (κ2) is 8.65. The molecule has 2 aromatic heterocycles. The average molecular weight is 457 g/mol. The van der Waals surface area contributed by atoms with E-state index in [1.807, 2.05) is 23.6 Å². The largest absolute Gasteiger partial charge is 0.363 e. The first-order valence-corrected chi connectivity index (χ1v) is 12.0. The number of hydrogen-bond acceptors (Lipinski definition) is 4. The number of rotatable bonds is 6. The van der Waals surface area contributed by atoms with Gasteiger partial charge in [0.1, 0.15) is 5.69 Å². The Morgan fingerprint density at radius 2 is 2.03 bits per heavy atom. The number of thiazole rings is 1. The smallest absolute Gasteiger partial charge is 0.274 e. The highest BCUT2D eigenvalue weighted by atomic mass is 32.1. The molecule has 1 unspecified atom stereocenters. The first-order valence-electron chi connectivity index (χ1n) is 11.1. The standard InChI is InChI=1S/C24H26F2N4OS/c25-24(26)11-10-17(14-24)15-29-12-4-9-21(29)22(31)28-23-27-19(16-32-23)20-8-5-13-30(20)18-6-2-1-3-7-18/h1-4,6-7,9,12,16-17,20H,5,8,10-11,13-15H2,(H,27,28,31)/t17?,20-/m1/s1. The second-order valence-corrected chi connectivity index (χ2v) is 9.59. The van der Waals surface area contributed by atoms with E-state index in [1.165, 1.54) is 17.0 Å². The van der Waals surface area contributed by atoms with Gasteiger partial charge in [0, 0.05) is 43.2 Å². The molecule has 1 saturated carbocycles. The molecule has 1 aliphatic carbocycles. The molecule has 168 valence electrons. The molecule has 3 aromatic rings. The summed E-state index contributed by atoms with van der Waals surface area (Å²) in [4.78, 5) is 20.0. The third kappa shape index (κ3) is 4.41. The number of aromatic nitrogens is 2. The van der Waals surface area contributed by atoms with Crippen molar-refractivity contribution in [2.75, 3.05) is 16.8 Å². The summed E-state index contributed by atoms with van der Waals surface area (Å²) < 4.78 is 28.9. The summed E-state index contributed by atoms with van der Waals surface area (Å²) in [6.07, 6.45) is 4.23. The highest BCUT2D eigenvalue weighted by molar-refractivity contribution is 7.14. The number of para-hydroxylation sites is 1. The number of anilines is 2. The van der Waals surface area contributed by atoms with Gasteiger partial charge in [-0.1, -0.05) is 18.2 Å². The van der Waals surface area contributed by atoms with Gasteiger partial charge < -0.3 is 9.47 Å². The number of carbonyl (C=O) groups excluding carboxylic acids is 1. The molecule has 0 spiro atoms. The highest BCUT2D eigenvalue weighted by Crippen LogP contribution is 2.40. The fourth-order valence-electron chi connectivity index (χ4n) is 4.92. The van der Waals surface area contributed by atoms with Crippen molar-refractivity contribution in [1.82, 2.24) is 9.55 Å². The van der Waals surface area contributed by atoms with Gasteiger partial charge in [0.05, 0.1) is 11.7 Å². The van der Waals surface area contributed by atoms with Crippen LogP contribution < -0.4 is 10.2 Å². The van der Waals surface area contributed by atoms with E-state index in [4.69, 9.17) is 4.98 Å². The zero-order chi connectivity index (χ0) is 22.1. The molecule has 32 heavy (non-hydrogen) atoms. The Morgan fingerprint density at radius 3 is 2.81 bits per heavy atom. The lowest BCUT2D eigenvalue weighted by Gasteiger charge is -2.25. The van der Waals surface area contributed by atoms with E-state index >= 15 is 0 Å². The van der Waals surface area contributed by atoms with E-state index < -0.39 is 5.92 Å². The van der Waals surface area contributed by atoms with E-state index in [9.17, 15) is 13.6 Å². The van der Waals surface area contributed by atoms with E-state index in [0.717, 1.165) is 25.1 Å². The van der Waals surface area contributed by atoms with Crippen LogP contribution in [0.15, 0.2) is 54.0 Å². The summed E-state index contributed by atoms with van der Waals surface area (Å²) in [6, 6.07) is 14.0. The number of nitrogens with one attached hydrogen (secondary N) is 1. The van der Waals surface area contributed by atoms with Crippen molar-refractivity contribution >= 4 is 28.1 Å². The van der Waals surface area contributed by atoms with Crippen LogP contribution in [0, 0.1) is 5.92 Å². The SMILES string of the molecule is O=C(Nc1nc([C@H]2CCCN2c2ccccc2)cs1)c1cccn1CC1CCC(F)(F)C1. The van der Waals surface area contributed by atoms with Crippen molar-refractivity contribution in [3.8, 4) is 0 Å². The molecule has 8 heteroatoms. The van der Waals surface area contributed by atoms with Gasteiger partial charge in [-0.3, -0.25) is 10.1 Å². The molecule has 5 rings (SSSR count). The fourth-order valence-corrected chi connectivity index (χ4v) is 5.67. The second-order valence-electron chi connectivity index (χ2n) is 8.73. The minimum Gasteiger partial charge on any atom is -0.363 e. The average Bonchev–Trinajstić information content (AvgIpc) is 3.56. The molecule has 1 saturated heterocycles. The molecule has 2 fully saturated rings. The summed E-state index contributed by atoms with van der Waals surface area (Å²) in [5.74, 6) is -2.94. The molecule has 2 aliphatic rings. The Morgan fingerprint density at radius 1 is 1.19 bits per heavy atom. The summed E-state index contributed by atoms with van der Waals surface area (Å²) >= 11 is 1.42. The van der Waals surface area contributed by atoms with Crippen LogP contribution in [-0.2, 0) is 6.54 Å². The summed E-state index contributed by atoms with van der Waals surface area (Å²) in [5.41, 5.74) is 2.63. The number of hydrogen-bond donors (Lipinski definition) is 1. The van der Waals surface area contributed by atoms with Crippen LogP contribution in [0.5, 0.6) is 0 Å². The van der Waals surface area contributed by atoms with E-state index in [-0.39, 0.29) is 30.7 Å².